The molecule has 1 saturated heterocycles. The van der Waals surface area contributed by atoms with E-state index in [1.807, 2.05) is 12.1 Å². The minimum Gasteiger partial charge on any atom is -0.493 e. The molecular formula is C22H25NO5. The Labute approximate surface area is 165 Å². The third-order valence-electron chi connectivity index (χ3n) is 4.65. The highest BCUT2D eigenvalue weighted by molar-refractivity contribution is 6.07. The average molecular weight is 383 g/mol. The Hall–Kier alpha value is -2.99. The lowest BCUT2D eigenvalue weighted by molar-refractivity contribution is 0.104. The third-order valence-corrected chi connectivity index (χ3v) is 4.65. The van der Waals surface area contributed by atoms with Crippen molar-refractivity contribution in [3.05, 3.63) is 53.6 Å². The van der Waals surface area contributed by atoms with E-state index in [1.54, 1.807) is 24.3 Å². The monoisotopic (exact) mass is 383 g/mol. The summed E-state index contributed by atoms with van der Waals surface area (Å²) in [4.78, 5) is 14.9. The van der Waals surface area contributed by atoms with Crippen LogP contribution in [0.2, 0.25) is 0 Å². The number of ketones is 1. The van der Waals surface area contributed by atoms with Gasteiger partial charge >= 0.3 is 0 Å². The minimum absolute atomic E-state index is 0.142. The molecule has 2 aromatic rings. The largest absolute Gasteiger partial charge is 0.493 e. The van der Waals surface area contributed by atoms with Gasteiger partial charge in [-0.15, -0.1) is 0 Å². The maximum atomic E-state index is 12.6. The van der Waals surface area contributed by atoms with Crippen LogP contribution < -0.4 is 19.1 Å². The average Bonchev–Trinajstić information content (AvgIpc) is 2.77. The fraction of sp³-hybridized carbons (Fsp3) is 0.318. The third kappa shape index (κ3) is 4.46. The summed E-state index contributed by atoms with van der Waals surface area (Å²) in [6.07, 6.45) is 3.35. The number of morpholine rings is 1. The van der Waals surface area contributed by atoms with Gasteiger partial charge in [0.15, 0.2) is 17.3 Å². The molecule has 6 heteroatoms. The SMILES string of the molecule is COc1cc(C(=O)/C=C/c2ccc(N3CCOCC3)cc2)cc(OC)c1OC. The number of benzene rings is 2. The highest BCUT2D eigenvalue weighted by Crippen LogP contribution is 2.38. The predicted octanol–water partition coefficient (Wildman–Crippen LogP) is 3.45. The summed E-state index contributed by atoms with van der Waals surface area (Å²) in [6, 6.07) is 11.4. The van der Waals surface area contributed by atoms with Crippen LogP contribution in [-0.4, -0.2) is 53.4 Å². The molecular weight excluding hydrogens is 358 g/mol. The minimum atomic E-state index is -0.142. The van der Waals surface area contributed by atoms with Gasteiger partial charge in [-0.05, 0) is 35.9 Å². The van der Waals surface area contributed by atoms with Gasteiger partial charge in [0.25, 0.3) is 0 Å². The second kappa shape index (κ2) is 9.28. The summed E-state index contributed by atoms with van der Waals surface area (Å²) < 4.78 is 21.3. The van der Waals surface area contributed by atoms with E-state index in [9.17, 15) is 4.79 Å². The first kappa shape index (κ1) is 19.8. The zero-order chi connectivity index (χ0) is 19.9. The van der Waals surface area contributed by atoms with Gasteiger partial charge in [0.05, 0.1) is 34.5 Å². The first-order chi connectivity index (χ1) is 13.7. The highest BCUT2D eigenvalue weighted by atomic mass is 16.5. The molecule has 0 bridgehead atoms. The number of carbonyl (C=O) groups excluding carboxylic acids is 1. The van der Waals surface area contributed by atoms with E-state index in [4.69, 9.17) is 18.9 Å². The molecule has 6 nitrogen and oxygen atoms in total. The molecule has 0 N–H and O–H groups in total. The van der Waals surface area contributed by atoms with Crippen LogP contribution in [0.25, 0.3) is 6.08 Å². The molecule has 0 saturated carbocycles. The van der Waals surface area contributed by atoms with Crippen molar-refractivity contribution in [1.29, 1.82) is 0 Å². The number of nitrogens with zero attached hydrogens (tertiary/aromatic N) is 1. The molecule has 1 aliphatic rings. The number of carbonyl (C=O) groups is 1. The predicted molar refractivity (Wildman–Crippen MR) is 109 cm³/mol. The number of rotatable bonds is 7. The van der Waals surface area contributed by atoms with Crippen molar-refractivity contribution < 1.29 is 23.7 Å². The Morgan fingerprint density at radius 3 is 2.11 bits per heavy atom. The molecule has 0 spiro atoms. The van der Waals surface area contributed by atoms with Gasteiger partial charge in [0, 0.05) is 24.3 Å². The van der Waals surface area contributed by atoms with Crippen LogP contribution >= 0.6 is 0 Å². The highest BCUT2D eigenvalue weighted by Gasteiger charge is 2.16. The quantitative estimate of drug-likeness (QED) is 0.539. The van der Waals surface area contributed by atoms with Gasteiger partial charge in [0.1, 0.15) is 0 Å². The van der Waals surface area contributed by atoms with Crippen LogP contribution in [0.4, 0.5) is 5.69 Å². The summed E-state index contributed by atoms with van der Waals surface area (Å²) in [5, 5.41) is 0. The Balaban J connectivity index is 1.74. The molecule has 0 amide bonds. The summed E-state index contributed by atoms with van der Waals surface area (Å²) in [5.74, 6) is 1.22. The van der Waals surface area contributed by atoms with E-state index < -0.39 is 0 Å². The Morgan fingerprint density at radius 2 is 1.57 bits per heavy atom. The zero-order valence-electron chi connectivity index (χ0n) is 16.4. The number of ether oxygens (including phenoxy) is 4. The summed E-state index contributed by atoms with van der Waals surface area (Å²) in [6.45, 7) is 3.31. The number of hydrogen-bond donors (Lipinski definition) is 0. The van der Waals surface area contributed by atoms with Crippen molar-refractivity contribution in [3.8, 4) is 17.2 Å². The molecule has 148 valence electrons. The van der Waals surface area contributed by atoms with Gasteiger partial charge in [-0.25, -0.2) is 0 Å². The number of methoxy groups -OCH3 is 3. The first-order valence-corrected chi connectivity index (χ1v) is 9.11. The van der Waals surface area contributed by atoms with E-state index in [0.29, 0.717) is 22.8 Å². The van der Waals surface area contributed by atoms with E-state index >= 15 is 0 Å². The second-order valence-corrected chi connectivity index (χ2v) is 6.30. The molecule has 1 heterocycles. The van der Waals surface area contributed by atoms with Crippen molar-refractivity contribution in [2.24, 2.45) is 0 Å². The van der Waals surface area contributed by atoms with Crippen molar-refractivity contribution >= 4 is 17.5 Å². The molecule has 0 unspecified atom stereocenters. The van der Waals surface area contributed by atoms with Gasteiger partial charge in [-0.1, -0.05) is 18.2 Å². The molecule has 3 rings (SSSR count). The molecule has 0 atom stereocenters. The topological polar surface area (TPSA) is 57.2 Å². The van der Waals surface area contributed by atoms with Gasteiger partial charge in [-0.3, -0.25) is 4.79 Å². The lowest BCUT2D eigenvalue weighted by Gasteiger charge is -2.28. The van der Waals surface area contributed by atoms with Crippen LogP contribution in [0.1, 0.15) is 15.9 Å². The molecule has 0 aliphatic carbocycles. The molecule has 1 fully saturated rings. The molecule has 0 aromatic heterocycles. The molecule has 0 radical (unpaired) electrons. The summed E-state index contributed by atoms with van der Waals surface area (Å²) >= 11 is 0. The van der Waals surface area contributed by atoms with Crippen LogP contribution in [0.15, 0.2) is 42.5 Å². The number of anilines is 1. The van der Waals surface area contributed by atoms with Crippen LogP contribution in [0, 0.1) is 0 Å². The van der Waals surface area contributed by atoms with Crippen molar-refractivity contribution in [3.63, 3.8) is 0 Å². The number of hydrogen-bond acceptors (Lipinski definition) is 6. The summed E-state index contributed by atoms with van der Waals surface area (Å²) in [7, 11) is 4.58. The maximum Gasteiger partial charge on any atom is 0.203 e. The van der Waals surface area contributed by atoms with Crippen molar-refractivity contribution in [2.75, 3.05) is 52.5 Å². The zero-order valence-corrected chi connectivity index (χ0v) is 16.4. The Morgan fingerprint density at radius 1 is 0.964 bits per heavy atom. The normalized spacial score (nSPS) is 14.2. The van der Waals surface area contributed by atoms with Crippen molar-refractivity contribution in [2.45, 2.75) is 0 Å². The van der Waals surface area contributed by atoms with Crippen LogP contribution in [-0.2, 0) is 4.74 Å². The van der Waals surface area contributed by atoms with Crippen molar-refractivity contribution in [1.82, 2.24) is 0 Å². The first-order valence-electron chi connectivity index (χ1n) is 9.11. The van der Waals surface area contributed by atoms with E-state index in [-0.39, 0.29) is 5.78 Å². The molecule has 1 aliphatic heterocycles. The Kier molecular flexibility index (Phi) is 6.55. The van der Waals surface area contributed by atoms with E-state index in [0.717, 1.165) is 37.6 Å². The lowest BCUT2D eigenvalue weighted by Crippen LogP contribution is -2.36. The van der Waals surface area contributed by atoms with E-state index in [1.165, 1.54) is 21.3 Å². The van der Waals surface area contributed by atoms with Crippen LogP contribution in [0.3, 0.4) is 0 Å². The second-order valence-electron chi connectivity index (χ2n) is 6.30. The van der Waals surface area contributed by atoms with Gasteiger partial charge in [-0.2, -0.15) is 0 Å². The fourth-order valence-electron chi connectivity index (χ4n) is 3.11. The standard InChI is InChI=1S/C22H25NO5/c1-25-20-14-17(15-21(26-2)22(20)27-3)19(24)9-6-16-4-7-18(8-5-16)23-10-12-28-13-11-23/h4-9,14-15H,10-13H2,1-3H3/b9-6+. The Bertz CT molecular complexity index is 814. The summed E-state index contributed by atoms with van der Waals surface area (Å²) in [5.41, 5.74) is 2.59. The smallest absolute Gasteiger partial charge is 0.203 e. The molecule has 2 aromatic carbocycles. The van der Waals surface area contributed by atoms with Gasteiger partial charge in [0.2, 0.25) is 5.75 Å². The van der Waals surface area contributed by atoms with Crippen LogP contribution in [0.5, 0.6) is 17.2 Å². The van der Waals surface area contributed by atoms with Gasteiger partial charge < -0.3 is 23.8 Å². The van der Waals surface area contributed by atoms with E-state index in [2.05, 4.69) is 17.0 Å². The maximum absolute atomic E-state index is 12.6. The fourth-order valence-corrected chi connectivity index (χ4v) is 3.11. The molecule has 28 heavy (non-hydrogen) atoms. The number of allylic oxidation sites excluding steroid dienone is 1. The lowest BCUT2D eigenvalue weighted by atomic mass is 10.1.